The third-order valence-electron chi connectivity index (χ3n) is 6.67. The van der Waals surface area contributed by atoms with E-state index in [1.54, 1.807) is 0 Å². The predicted molar refractivity (Wildman–Crippen MR) is 134 cm³/mol. The molecule has 1 unspecified atom stereocenters. The quantitative estimate of drug-likeness (QED) is 0.0877. The largest absolute Gasteiger partial charge is 0.466 e. The van der Waals surface area contributed by atoms with Gasteiger partial charge in [0.05, 0.1) is 5.66 Å². The van der Waals surface area contributed by atoms with Gasteiger partial charge in [-0.25, -0.2) is 4.57 Å². The number of hydrogen-bond donors (Lipinski definition) is 5. The third kappa shape index (κ3) is 15.5. The zero-order chi connectivity index (χ0) is 24.4. The zero-order valence-corrected chi connectivity index (χ0v) is 22.1. The highest BCUT2D eigenvalue weighted by atomic mass is 31.2. The average molecular weight is 467 g/mol. The van der Waals surface area contributed by atoms with Crippen molar-refractivity contribution < 1.29 is 19.2 Å². The van der Waals surface area contributed by atoms with Crippen molar-refractivity contribution >= 4 is 7.82 Å². The van der Waals surface area contributed by atoms with Gasteiger partial charge in [-0.05, 0) is 38.0 Å². The van der Waals surface area contributed by atoms with Crippen LogP contribution in [0.5, 0.6) is 0 Å². The molecule has 0 fully saturated rings. The van der Waals surface area contributed by atoms with Crippen LogP contribution in [0.1, 0.15) is 137 Å². The van der Waals surface area contributed by atoms with E-state index in [9.17, 15) is 0 Å². The van der Waals surface area contributed by atoms with Crippen LogP contribution < -0.4 is 11.5 Å². The second kappa shape index (κ2) is 18.5. The molecule has 0 radical (unpaired) electrons. The Morgan fingerprint density at radius 1 is 0.645 bits per heavy atom. The van der Waals surface area contributed by atoms with Crippen molar-refractivity contribution in [2.24, 2.45) is 22.8 Å². The van der Waals surface area contributed by atoms with E-state index in [4.69, 9.17) is 30.7 Å². The van der Waals surface area contributed by atoms with E-state index in [-0.39, 0.29) is 5.41 Å². The van der Waals surface area contributed by atoms with Crippen LogP contribution in [0, 0.1) is 11.3 Å². The van der Waals surface area contributed by atoms with E-state index >= 15 is 0 Å². The molecule has 0 bridgehead atoms. The lowest BCUT2D eigenvalue weighted by molar-refractivity contribution is 0.00173. The summed E-state index contributed by atoms with van der Waals surface area (Å²) in [5.41, 5.74) is 13.6. The molecule has 0 spiro atoms. The molecular formula is C24H55N2O4P. The summed E-state index contributed by atoms with van der Waals surface area (Å²) < 4.78 is 8.88. The minimum absolute atomic E-state index is 0.122. The van der Waals surface area contributed by atoms with Gasteiger partial charge >= 0.3 is 7.82 Å². The fourth-order valence-corrected chi connectivity index (χ4v) is 4.87. The van der Waals surface area contributed by atoms with Crippen molar-refractivity contribution in [2.45, 2.75) is 143 Å². The molecule has 0 aromatic rings. The van der Waals surface area contributed by atoms with Crippen molar-refractivity contribution in [1.82, 2.24) is 0 Å². The van der Waals surface area contributed by atoms with Crippen LogP contribution in [0.15, 0.2) is 0 Å². The molecule has 0 aliphatic rings. The summed E-state index contributed by atoms with van der Waals surface area (Å²) in [5.74, 6) is 0.693. The molecule has 1 atom stereocenters. The fourth-order valence-electron chi connectivity index (χ4n) is 4.87. The summed E-state index contributed by atoms with van der Waals surface area (Å²) in [4.78, 5) is 21.6. The average Bonchev–Trinajstić information content (AvgIpc) is 2.68. The van der Waals surface area contributed by atoms with E-state index in [0.717, 1.165) is 12.8 Å². The number of rotatable bonds is 18. The molecule has 0 saturated heterocycles. The summed E-state index contributed by atoms with van der Waals surface area (Å²) in [6, 6.07) is 0. The monoisotopic (exact) mass is 466 g/mol. The molecular weight excluding hydrogens is 411 g/mol. The number of nitrogens with two attached hydrogens (primary N) is 2. The smallest absolute Gasteiger partial charge is 0.313 e. The predicted octanol–water partition coefficient (Wildman–Crippen LogP) is 6.62. The van der Waals surface area contributed by atoms with Crippen LogP contribution in [0.3, 0.4) is 0 Å². The van der Waals surface area contributed by atoms with Gasteiger partial charge in [-0.2, -0.15) is 0 Å². The van der Waals surface area contributed by atoms with Gasteiger partial charge in [-0.15, -0.1) is 0 Å². The molecule has 31 heavy (non-hydrogen) atoms. The van der Waals surface area contributed by atoms with Crippen LogP contribution in [0.2, 0.25) is 0 Å². The van der Waals surface area contributed by atoms with Crippen LogP contribution in [-0.2, 0) is 4.57 Å². The van der Waals surface area contributed by atoms with Crippen LogP contribution in [0.4, 0.5) is 0 Å². The van der Waals surface area contributed by atoms with E-state index in [1.165, 1.54) is 89.9 Å². The Bertz CT molecular complexity index is 439. The minimum atomic E-state index is -4.64. The van der Waals surface area contributed by atoms with Gasteiger partial charge in [0.2, 0.25) is 0 Å². The Morgan fingerprint density at radius 2 is 1.00 bits per heavy atom. The van der Waals surface area contributed by atoms with E-state index in [0.29, 0.717) is 5.92 Å². The van der Waals surface area contributed by atoms with Crippen molar-refractivity contribution in [2.75, 3.05) is 0 Å². The Kier molecular flexibility index (Phi) is 19.8. The molecule has 0 rings (SSSR count). The number of hydrogen-bond acceptors (Lipinski definition) is 3. The third-order valence-corrected chi connectivity index (χ3v) is 6.67. The molecule has 0 heterocycles. The number of phosphoric acid groups is 1. The second-order valence-electron chi connectivity index (χ2n) is 9.36. The highest BCUT2D eigenvalue weighted by Crippen LogP contribution is 2.50. The SMILES string of the molecule is CCCCCC(CCCC)C(CCCC)(CCCC)C(N)(N)CCCC.O=P(O)(O)O. The van der Waals surface area contributed by atoms with Crippen LogP contribution in [-0.4, -0.2) is 20.3 Å². The van der Waals surface area contributed by atoms with Crippen molar-refractivity contribution in [3.63, 3.8) is 0 Å². The van der Waals surface area contributed by atoms with Gasteiger partial charge in [-0.3, -0.25) is 0 Å². The minimum Gasteiger partial charge on any atom is -0.313 e. The number of unbranched alkanes of at least 4 members (excludes halogenated alkanes) is 6. The summed E-state index contributed by atoms with van der Waals surface area (Å²) in [6.07, 6.45) is 20.0. The molecule has 0 aromatic heterocycles. The molecule has 7 heteroatoms. The summed E-state index contributed by atoms with van der Waals surface area (Å²) in [6.45, 7) is 11.5. The summed E-state index contributed by atoms with van der Waals surface area (Å²) in [5, 5.41) is 0. The van der Waals surface area contributed by atoms with Gasteiger partial charge in [0.25, 0.3) is 0 Å². The van der Waals surface area contributed by atoms with Gasteiger partial charge in [-0.1, -0.05) is 105 Å². The lowest BCUT2D eigenvalue weighted by Gasteiger charge is -2.52. The molecule has 0 saturated carbocycles. The van der Waals surface area contributed by atoms with Crippen molar-refractivity contribution in [1.29, 1.82) is 0 Å². The van der Waals surface area contributed by atoms with Gasteiger partial charge in [0.1, 0.15) is 0 Å². The maximum absolute atomic E-state index is 8.88. The molecule has 0 aliphatic carbocycles. The van der Waals surface area contributed by atoms with Crippen molar-refractivity contribution in [3.8, 4) is 0 Å². The first-order valence-corrected chi connectivity index (χ1v) is 14.4. The first-order valence-electron chi connectivity index (χ1n) is 12.8. The molecule has 190 valence electrons. The maximum Gasteiger partial charge on any atom is 0.466 e. The zero-order valence-electron chi connectivity index (χ0n) is 21.2. The maximum atomic E-state index is 8.88. The van der Waals surface area contributed by atoms with Gasteiger partial charge in [0.15, 0.2) is 0 Å². The molecule has 0 amide bonds. The molecule has 0 aromatic carbocycles. The highest BCUT2D eigenvalue weighted by Gasteiger charge is 2.49. The van der Waals surface area contributed by atoms with Crippen LogP contribution >= 0.6 is 7.82 Å². The molecule has 0 aliphatic heterocycles. The summed E-state index contributed by atoms with van der Waals surface area (Å²) >= 11 is 0. The van der Waals surface area contributed by atoms with Gasteiger partial charge < -0.3 is 26.1 Å². The first kappa shape index (κ1) is 33.2. The molecule has 7 N–H and O–H groups in total. The highest BCUT2D eigenvalue weighted by molar-refractivity contribution is 7.45. The first-order chi connectivity index (χ1) is 14.5. The Morgan fingerprint density at radius 3 is 1.39 bits per heavy atom. The van der Waals surface area contributed by atoms with E-state index < -0.39 is 13.5 Å². The fraction of sp³-hybridized carbons (Fsp3) is 1.00. The normalized spacial score (nSPS) is 13.6. The van der Waals surface area contributed by atoms with Crippen LogP contribution in [0.25, 0.3) is 0 Å². The lowest BCUT2D eigenvalue weighted by atomic mass is 9.57. The standard InChI is InChI=1S/C24H52N2.H3O4P/c1-6-11-16-18-22(17-12-7-2)23(19-13-8-3,20-14-9-4)24(25,26)21-15-10-5;1-5(2,3)4/h22H,6-21,25-26H2,1-5H3;(H3,1,2,3,4). The Labute approximate surface area is 193 Å². The summed E-state index contributed by atoms with van der Waals surface area (Å²) in [7, 11) is -4.64. The van der Waals surface area contributed by atoms with E-state index in [2.05, 4.69) is 34.6 Å². The molecule has 6 nitrogen and oxygen atoms in total. The second-order valence-corrected chi connectivity index (χ2v) is 10.4. The van der Waals surface area contributed by atoms with Crippen molar-refractivity contribution in [3.05, 3.63) is 0 Å². The Balaban J connectivity index is 0. The topological polar surface area (TPSA) is 130 Å². The van der Waals surface area contributed by atoms with Gasteiger partial charge in [0, 0.05) is 5.41 Å². The Hall–Kier alpha value is 0.0300. The lowest BCUT2D eigenvalue weighted by Crippen LogP contribution is -2.65. The van der Waals surface area contributed by atoms with E-state index in [1.807, 2.05) is 0 Å².